The van der Waals surface area contributed by atoms with Gasteiger partial charge in [0.05, 0.1) is 17.3 Å². The number of para-hydroxylation sites is 1. The molecule has 2 aromatic rings. The summed E-state index contributed by atoms with van der Waals surface area (Å²) in [5, 5.41) is 11.0. The Hall–Kier alpha value is -1.48. The van der Waals surface area contributed by atoms with E-state index in [0.29, 0.717) is 12.3 Å². The summed E-state index contributed by atoms with van der Waals surface area (Å²) >= 11 is 0. The minimum atomic E-state index is -0.326. The lowest BCUT2D eigenvalue weighted by Gasteiger charge is -2.13. The molecule has 0 saturated carbocycles. The van der Waals surface area contributed by atoms with Crippen LogP contribution in [0.5, 0.6) is 0 Å². The van der Waals surface area contributed by atoms with Crippen LogP contribution in [-0.2, 0) is 6.42 Å². The van der Waals surface area contributed by atoms with Crippen molar-refractivity contribution < 1.29 is 5.11 Å². The van der Waals surface area contributed by atoms with Crippen LogP contribution in [0, 0.1) is 5.92 Å². The highest BCUT2D eigenvalue weighted by atomic mass is 16.3. The Kier molecular flexibility index (Phi) is 3.69. The Morgan fingerprint density at radius 1 is 1.18 bits per heavy atom. The molecule has 1 N–H and O–H groups in total. The highest BCUT2D eigenvalue weighted by Gasteiger charge is 2.11. The van der Waals surface area contributed by atoms with Crippen molar-refractivity contribution in [2.24, 2.45) is 5.92 Å². The number of fused-ring (bicyclic) bond motifs is 1. The monoisotopic (exact) mass is 230 g/mol. The lowest BCUT2D eigenvalue weighted by molar-refractivity contribution is 0.148. The van der Waals surface area contributed by atoms with E-state index in [9.17, 15) is 5.11 Å². The summed E-state index contributed by atoms with van der Waals surface area (Å²) in [5.74, 6) is 0.498. The molecule has 0 amide bonds. The SMILES string of the molecule is CC(C)CC(O)Cc1ncnc2ccccc12. The van der Waals surface area contributed by atoms with Crippen molar-refractivity contribution >= 4 is 10.9 Å². The van der Waals surface area contributed by atoms with Crippen molar-refractivity contribution in [1.82, 2.24) is 9.97 Å². The van der Waals surface area contributed by atoms with Gasteiger partial charge in [-0.2, -0.15) is 0 Å². The van der Waals surface area contributed by atoms with Crippen LogP contribution in [0.2, 0.25) is 0 Å². The van der Waals surface area contributed by atoms with Gasteiger partial charge in [0.1, 0.15) is 6.33 Å². The molecule has 0 bridgehead atoms. The van der Waals surface area contributed by atoms with Crippen molar-refractivity contribution in [1.29, 1.82) is 0 Å². The molecule has 0 radical (unpaired) electrons. The van der Waals surface area contributed by atoms with E-state index in [0.717, 1.165) is 23.0 Å². The molecule has 0 aliphatic heterocycles. The van der Waals surface area contributed by atoms with E-state index in [4.69, 9.17) is 0 Å². The van der Waals surface area contributed by atoms with Crippen LogP contribution in [0.15, 0.2) is 30.6 Å². The minimum Gasteiger partial charge on any atom is -0.393 e. The minimum absolute atomic E-state index is 0.326. The van der Waals surface area contributed by atoms with Crippen LogP contribution in [0.25, 0.3) is 10.9 Å². The van der Waals surface area contributed by atoms with Crippen LogP contribution >= 0.6 is 0 Å². The molecule has 1 atom stereocenters. The van der Waals surface area contributed by atoms with Crippen molar-refractivity contribution in [3.05, 3.63) is 36.3 Å². The molecule has 2 rings (SSSR count). The Morgan fingerprint density at radius 2 is 1.94 bits per heavy atom. The maximum atomic E-state index is 9.97. The zero-order chi connectivity index (χ0) is 12.3. The van der Waals surface area contributed by atoms with Crippen LogP contribution < -0.4 is 0 Å². The molecular weight excluding hydrogens is 212 g/mol. The van der Waals surface area contributed by atoms with Gasteiger partial charge in [-0.1, -0.05) is 32.0 Å². The smallest absolute Gasteiger partial charge is 0.116 e. The first kappa shape index (κ1) is 12.0. The van der Waals surface area contributed by atoms with Gasteiger partial charge in [-0.05, 0) is 18.4 Å². The number of aliphatic hydroxyl groups excluding tert-OH is 1. The van der Waals surface area contributed by atoms with Crippen LogP contribution in [0.1, 0.15) is 26.0 Å². The van der Waals surface area contributed by atoms with Crippen LogP contribution in [0.3, 0.4) is 0 Å². The second kappa shape index (κ2) is 5.23. The zero-order valence-electron chi connectivity index (χ0n) is 10.3. The maximum absolute atomic E-state index is 9.97. The third-order valence-electron chi connectivity index (χ3n) is 2.80. The number of hydrogen-bond acceptors (Lipinski definition) is 3. The Morgan fingerprint density at radius 3 is 2.71 bits per heavy atom. The molecule has 3 nitrogen and oxygen atoms in total. The number of rotatable bonds is 4. The fraction of sp³-hybridized carbons (Fsp3) is 0.429. The summed E-state index contributed by atoms with van der Waals surface area (Å²) in [6.45, 7) is 4.22. The van der Waals surface area contributed by atoms with Crippen molar-refractivity contribution in [3.8, 4) is 0 Å². The predicted molar refractivity (Wildman–Crippen MR) is 68.7 cm³/mol. The lowest BCUT2D eigenvalue weighted by Crippen LogP contribution is -2.14. The molecule has 90 valence electrons. The molecule has 0 saturated heterocycles. The molecule has 1 heterocycles. The maximum Gasteiger partial charge on any atom is 0.116 e. The molecular formula is C14H18N2O. The fourth-order valence-electron chi connectivity index (χ4n) is 2.07. The first-order valence-corrected chi connectivity index (χ1v) is 6.03. The predicted octanol–water partition coefficient (Wildman–Crippen LogP) is 2.58. The highest BCUT2D eigenvalue weighted by molar-refractivity contribution is 5.80. The first-order valence-electron chi connectivity index (χ1n) is 6.03. The standard InChI is InChI=1S/C14H18N2O/c1-10(2)7-11(17)8-14-12-5-3-4-6-13(12)15-9-16-14/h3-6,9-11,17H,7-8H2,1-2H3. The summed E-state index contributed by atoms with van der Waals surface area (Å²) in [5.41, 5.74) is 1.87. The highest BCUT2D eigenvalue weighted by Crippen LogP contribution is 2.17. The molecule has 17 heavy (non-hydrogen) atoms. The number of aliphatic hydroxyl groups is 1. The van der Waals surface area contributed by atoms with E-state index in [2.05, 4.69) is 23.8 Å². The Balaban J connectivity index is 2.24. The van der Waals surface area contributed by atoms with E-state index < -0.39 is 0 Å². The van der Waals surface area contributed by atoms with Crippen molar-refractivity contribution in [3.63, 3.8) is 0 Å². The van der Waals surface area contributed by atoms with E-state index in [1.807, 2.05) is 24.3 Å². The topological polar surface area (TPSA) is 46.0 Å². The molecule has 1 unspecified atom stereocenters. The van der Waals surface area contributed by atoms with Gasteiger partial charge in [0.2, 0.25) is 0 Å². The Bertz CT molecular complexity index is 491. The largest absolute Gasteiger partial charge is 0.393 e. The summed E-state index contributed by atoms with van der Waals surface area (Å²) in [4.78, 5) is 8.50. The number of hydrogen-bond donors (Lipinski definition) is 1. The average Bonchev–Trinajstić information content (AvgIpc) is 2.28. The second-order valence-corrected chi connectivity index (χ2v) is 4.83. The van der Waals surface area contributed by atoms with Gasteiger partial charge in [0, 0.05) is 11.8 Å². The number of nitrogens with zero attached hydrogens (tertiary/aromatic N) is 2. The van der Waals surface area contributed by atoms with Crippen LogP contribution in [0.4, 0.5) is 0 Å². The van der Waals surface area contributed by atoms with Crippen LogP contribution in [-0.4, -0.2) is 21.2 Å². The molecule has 1 aromatic carbocycles. The number of aromatic nitrogens is 2. The van der Waals surface area contributed by atoms with E-state index in [1.54, 1.807) is 6.33 Å². The molecule has 0 aliphatic carbocycles. The zero-order valence-corrected chi connectivity index (χ0v) is 10.3. The fourth-order valence-corrected chi connectivity index (χ4v) is 2.07. The second-order valence-electron chi connectivity index (χ2n) is 4.83. The van der Waals surface area contributed by atoms with Gasteiger partial charge in [-0.3, -0.25) is 0 Å². The van der Waals surface area contributed by atoms with Gasteiger partial charge < -0.3 is 5.11 Å². The average molecular weight is 230 g/mol. The van der Waals surface area contributed by atoms with Crippen molar-refractivity contribution in [2.45, 2.75) is 32.8 Å². The quantitative estimate of drug-likeness (QED) is 0.878. The van der Waals surface area contributed by atoms with Crippen molar-refractivity contribution in [2.75, 3.05) is 0 Å². The summed E-state index contributed by atoms with van der Waals surface area (Å²) in [6, 6.07) is 7.91. The van der Waals surface area contributed by atoms with Gasteiger partial charge in [0.15, 0.2) is 0 Å². The van der Waals surface area contributed by atoms with E-state index in [-0.39, 0.29) is 6.10 Å². The Labute approximate surface area is 102 Å². The van der Waals surface area contributed by atoms with Gasteiger partial charge in [-0.25, -0.2) is 9.97 Å². The summed E-state index contributed by atoms with van der Waals surface area (Å²) in [6.07, 6.45) is 2.65. The van der Waals surface area contributed by atoms with Gasteiger partial charge >= 0.3 is 0 Å². The first-order chi connectivity index (χ1) is 8.16. The molecule has 3 heteroatoms. The number of benzene rings is 1. The lowest BCUT2D eigenvalue weighted by atomic mass is 10.0. The molecule has 1 aromatic heterocycles. The molecule has 0 aliphatic rings. The molecule has 0 fully saturated rings. The summed E-state index contributed by atoms with van der Waals surface area (Å²) in [7, 11) is 0. The van der Waals surface area contributed by atoms with Gasteiger partial charge in [0.25, 0.3) is 0 Å². The third kappa shape index (κ3) is 3.01. The van der Waals surface area contributed by atoms with E-state index >= 15 is 0 Å². The summed E-state index contributed by atoms with van der Waals surface area (Å²) < 4.78 is 0. The third-order valence-corrected chi connectivity index (χ3v) is 2.80. The van der Waals surface area contributed by atoms with E-state index in [1.165, 1.54) is 0 Å². The normalized spacial score (nSPS) is 13.2. The molecule has 0 spiro atoms. The van der Waals surface area contributed by atoms with Gasteiger partial charge in [-0.15, -0.1) is 0 Å².